The average molecular weight is 359 g/mol. The highest BCUT2D eigenvalue weighted by molar-refractivity contribution is 6.31. The van der Waals surface area contributed by atoms with Gasteiger partial charge in [0.05, 0.1) is 11.4 Å². The maximum atomic E-state index is 13.2. The zero-order valence-corrected chi connectivity index (χ0v) is 14.6. The fourth-order valence-electron chi connectivity index (χ4n) is 2.98. The zero-order chi connectivity index (χ0) is 17.6. The Morgan fingerprint density at radius 3 is 2.68 bits per heavy atom. The van der Waals surface area contributed by atoms with Crippen molar-refractivity contribution in [1.82, 2.24) is 0 Å². The summed E-state index contributed by atoms with van der Waals surface area (Å²) in [7, 11) is 0. The smallest absolute Gasteiger partial charge is 0.248 e. The lowest BCUT2D eigenvalue weighted by atomic mass is 10.1. The molecule has 1 aliphatic heterocycles. The molecule has 2 aromatic rings. The van der Waals surface area contributed by atoms with Gasteiger partial charge in [0.25, 0.3) is 0 Å². The summed E-state index contributed by atoms with van der Waals surface area (Å²) in [4.78, 5) is 14.5. The van der Waals surface area contributed by atoms with Crippen molar-refractivity contribution in [2.45, 2.75) is 19.3 Å². The first-order valence-electron chi connectivity index (χ1n) is 8.41. The Labute approximate surface area is 152 Å². The van der Waals surface area contributed by atoms with Crippen LogP contribution in [-0.4, -0.2) is 19.0 Å². The summed E-state index contributed by atoms with van der Waals surface area (Å²) in [5, 5.41) is 3.46. The Kier molecular flexibility index (Phi) is 5.71. The number of anilines is 2. The molecule has 0 radical (unpaired) electrons. The molecule has 0 atom stereocenters. The maximum Gasteiger partial charge on any atom is 0.248 e. The van der Waals surface area contributed by atoms with Crippen LogP contribution < -0.4 is 10.2 Å². The number of nitrogens with one attached hydrogen (secondary N) is 1. The zero-order valence-electron chi connectivity index (χ0n) is 13.8. The van der Waals surface area contributed by atoms with E-state index in [0.717, 1.165) is 31.6 Å². The first kappa shape index (κ1) is 17.5. The molecule has 130 valence electrons. The van der Waals surface area contributed by atoms with Crippen molar-refractivity contribution in [2.24, 2.45) is 0 Å². The molecule has 1 aliphatic rings. The number of halogens is 2. The topological polar surface area (TPSA) is 32.3 Å². The fourth-order valence-corrected chi connectivity index (χ4v) is 3.15. The molecule has 5 heteroatoms. The summed E-state index contributed by atoms with van der Waals surface area (Å²) in [5.41, 5.74) is 2.32. The molecule has 25 heavy (non-hydrogen) atoms. The van der Waals surface area contributed by atoms with Crippen LogP contribution >= 0.6 is 11.6 Å². The summed E-state index contributed by atoms with van der Waals surface area (Å²) in [6, 6.07) is 11.6. The predicted octanol–water partition coefficient (Wildman–Crippen LogP) is 5.12. The van der Waals surface area contributed by atoms with Gasteiger partial charge in [-0.15, -0.1) is 0 Å². The molecule has 3 rings (SSSR count). The second kappa shape index (κ2) is 8.17. The van der Waals surface area contributed by atoms with Crippen molar-refractivity contribution in [3.05, 3.63) is 64.9 Å². The van der Waals surface area contributed by atoms with E-state index in [0.29, 0.717) is 16.3 Å². The van der Waals surface area contributed by atoms with Crippen molar-refractivity contribution >= 4 is 35.0 Å². The lowest BCUT2D eigenvalue weighted by molar-refractivity contribution is -0.111. The lowest BCUT2D eigenvalue weighted by Gasteiger charge is -2.30. The summed E-state index contributed by atoms with van der Waals surface area (Å²) < 4.78 is 13.2. The van der Waals surface area contributed by atoms with Crippen molar-refractivity contribution in [3.8, 4) is 0 Å². The van der Waals surface area contributed by atoms with E-state index >= 15 is 0 Å². The number of carbonyl (C=O) groups is 1. The Bertz CT molecular complexity index is 785. The van der Waals surface area contributed by atoms with E-state index in [2.05, 4.69) is 10.2 Å². The van der Waals surface area contributed by atoms with Gasteiger partial charge in [0.1, 0.15) is 5.82 Å². The van der Waals surface area contributed by atoms with E-state index in [-0.39, 0.29) is 11.7 Å². The first-order valence-corrected chi connectivity index (χ1v) is 8.79. The Morgan fingerprint density at radius 1 is 1.12 bits per heavy atom. The van der Waals surface area contributed by atoms with Gasteiger partial charge in [0.2, 0.25) is 5.91 Å². The van der Waals surface area contributed by atoms with Gasteiger partial charge in [0, 0.05) is 24.2 Å². The number of rotatable bonds is 4. The van der Waals surface area contributed by atoms with Gasteiger partial charge >= 0.3 is 0 Å². The SMILES string of the molecule is O=C(/C=C/c1cccc(F)c1)Nc1cc(Cl)ccc1N1CCCCC1. The highest BCUT2D eigenvalue weighted by Gasteiger charge is 2.15. The van der Waals surface area contributed by atoms with Gasteiger partial charge in [-0.05, 0) is 61.2 Å². The average Bonchev–Trinajstić information content (AvgIpc) is 2.61. The molecule has 1 N–H and O–H groups in total. The molecule has 3 nitrogen and oxygen atoms in total. The largest absolute Gasteiger partial charge is 0.370 e. The lowest BCUT2D eigenvalue weighted by Crippen LogP contribution is -2.30. The minimum atomic E-state index is -0.329. The van der Waals surface area contributed by atoms with E-state index in [4.69, 9.17) is 11.6 Å². The molecule has 0 spiro atoms. The standard InChI is InChI=1S/C20H20ClFN2O/c21-16-8-9-19(24-11-2-1-3-12-24)18(14-16)23-20(25)10-7-15-5-4-6-17(22)13-15/h4-10,13-14H,1-3,11-12H2,(H,23,25)/b10-7+. The predicted molar refractivity (Wildman–Crippen MR) is 102 cm³/mol. The molecular formula is C20H20ClFN2O. The van der Waals surface area contributed by atoms with Crippen LogP contribution in [0.4, 0.5) is 15.8 Å². The van der Waals surface area contributed by atoms with E-state index in [9.17, 15) is 9.18 Å². The summed E-state index contributed by atoms with van der Waals surface area (Å²) in [6.07, 6.45) is 6.52. The van der Waals surface area contributed by atoms with Gasteiger partial charge in [-0.25, -0.2) is 4.39 Å². The van der Waals surface area contributed by atoms with Gasteiger partial charge in [-0.2, -0.15) is 0 Å². The van der Waals surface area contributed by atoms with Crippen LogP contribution in [0, 0.1) is 5.82 Å². The molecule has 1 fully saturated rings. The minimum Gasteiger partial charge on any atom is -0.370 e. The van der Waals surface area contributed by atoms with E-state index < -0.39 is 0 Å². The number of benzene rings is 2. The summed E-state index contributed by atoms with van der Waals surface area (Å²) in [6.45, 7) is 1.95. The molecule has 0 unspecified atom stereocenters. The van der Waals surface area contributed by atoms with Crippen molar-refractivity contribution in [3.63, 3.8) is 0 Å². The van der Waals surface area contributed by atoms with Gasteiger partial charge < -0.3 is 10.2 Å². The van der Waals surface area contributed by atoms with Crippen molar-refractivity contribution < 1.29 is 9.18 Å². The number of hydrogen-bond acceptors (Lipinski definition) is 2. The van der Waals surface area contributed by atoms with E-state index in [1.165, 1.54) is 24.6 Å². The molecule has 0 aromatic heterocycles. The van der Waals surface area contributed by atoms with Crippen LogP contribution in [0.15, 0.2) is 48.5 Å². The van der Waals surface area contributed by atoms with Gasteiger partial charge in [-0.1, -0.05) is 23.7 Å². The van der Waals surface area contributed by atoms with Crippen LogP contribution in [0.2, 0.25) is 5.02 Å². The highest BCUT2D eigenvalue weighted by atomic mass is 35.5. The van der Waals surface area contributed by atoms with Crippen molar-refractivity contribution in [1.29, 1.82) is 0 Å². The van der Waals surface area contributed by atoms with Crippen LogP contribution in [0.3, 0.4) is 0 Å². The highest BCUT2D eigenvalue weighted by Crippen LogP contribution is 2.31. The molecule has 0 aliphatic carbocycles. The minimum absolute atomic E-state index is 0.273. The molecule has 1 heterocycles. The number of amides is 1. The van der Waals surface area contributed by atoms with Crippen LogP contribution in [0.25, 0.3) is 6.08 Å². The monoisotopic (exact) mass is 358 g/mol. The third kappa shape index (κ3) is 4.83. The van der Waals surface area contributed by atoms with Crippen LogP contribution in [0.1, 0.15) is 24.8 Å². The van der Waals surface area contributed by atoms with Crippen LogP contribution in [0.5, 0.6) is 0 Å². The van der Waals surface area contributed by atoms with Crippen molar-refractivity contribution in [2.75, 3.05) is 23.3 Å². The third-order valence-corrected chi connectivity index (χ3v) is 4.42. The Morgan fingerprint density at radius 2 is 1.92 bits per heavy atom. The molecular weight excluding hydrogens is 339 g/mol. The normalized spacial score (nSPS) is 14.7. The number of carbonyl (C=O) groups excluding carboxylic acids is 1. The Hall–Kier alpha value is -2.33. The second-order valence-electron chi connectivity index (χ2n) is 6.09. The molecule has 1 amide bonds. The van der Waals surface area contributed by atoms with Gasteiger partial charge in [-0.3, -0.25) is 4.79 Å². The fraction of sp³-hybridized carbons (Fsp3) is 0.250. The molecule has 0 saturated carbocycles. The summed E-state index contributed by atoms with van der Waals surface area (Å²) >= 11 is 6.10. The summed E-state index contributed by atoms with van der Waals surface area (Å²) in [5.74, 6) is -0.602. The number of hydrogen-bond donors (Lipinski definition) is 1. The number of nitrogens with zero attached hydrogens (tertiary/aromatic N) is 1. The first-order chi connectivity index (χ1) is 12.1. The molecule has 1 saturated heterocycles. The Balaban J connectivity index is 1.75. The van der Waals surface area contributed by atoms with Gasteiger partial charge in [0.15, 0.2) is 0 Å². The van der Waals surface area contributed by atoms with E-state index in [1.807, 2.05) is 12.1 Å². The van der Waals surface area contributed by atoms with E-state index in [1.54, 1.807) is 24.3 Å². The maximum absolute atomic E-state index is 13.2. The van der Waals surface area contributed by atoms with Crippen LogP contribution in [-0.2, 0) is 4.79 Å². The molecule has 2 aromatic carbocycles. The third-order valence-electron chi connectivity index (χ3n) is 4.19. The molecule has 0 bridgehead atoms. The second-order valence-corrected chi connectivity index (χ2v) is 6.52. The quantitative estimate of drug-likeness (QED) is 0.769. The number of piperidine rings is 1.